The van der Waals surface area contributed by atoms with E-state index in [0.29, 0.717) is 6.42 Å². The molecule has 2 rings (SSSR count). The summed E-state index contributed by atoms with van der Waals surface area (Å²) in [5.74, 6) is 0.843. The molecule has 0 saturated carbocycles. The molecule has 1 saturated heterocycles. The molecule has 20 heavy (non-hydrogen) atoms. The second-order valence-corrected chi connectivity index (χ2v) is 6.55. The molecule has 1 heterocycles. The Morgan fingerprint density at radius 2 is 2.05 bits per heavy atom. The van der Waals surface area contributed by atoms with Crippen molar-refractivity contribution in [3.8, 4) is 5.75 Å². The number of piperidine rings is 1. The van der Waals surface area contributed by atoms with Gasteiger partial charge < -0.3 is 14.7 Å². The van der Waals surface area contributed by atoms with Crippen LogP contribution in [0.25, 0.3) is 0 Å². The fourth-order valence-corrected chi connectivity index (χ4v) is 3.24. The molecular formula is C16H24BrNO2. The largest absolute Gasteiger partial charge is 0.497 e. The summed E-state index contributed by atoms with van der Waals surface area (Å²) >= 11 is 3.57. The maximum absolute atomic E-state index is 10.8. The first kappa shape index (κ1) is 15.8. The molecular weight excluding hydrogens is 318 g/mol. The van der Waals surface area contributed by atoms with Gasteiger partial charge in [0.05, 0.1) is 12.7 Å². The third kappa shape index (κ3) is 3.96. The van der Waals surface area contributed by atoms with Crippen molar-refractivity contribution in [2.45, 2.75) is 38.2 Å². The minimum atomic E-state index is -0.584. The number of methoxy groups -OCH3 is 1. The van der Waals surface area contributed by atoms with Crippen LogP contribution in [-0.2, 0) is 6.42 Å². The molecule has 3 nitrogen and oxygen atoms in total. The lowest BCUT2D eigenvalue weighted by atomic mass is 9.85. The SMILES string of the molecule is CCCN1CCC(O)(Cc2cc(OC)ccc2Br)CC1. The molecule has 0 bridgehead atoms. The summed E-state index contributed by atoms with van der Waals surface area (Å²) in [4.78, 5) is 2.44. The Balaban J connectivity index is 2.02. The van der Waals surface area contributed by atoms with Crippen LogP contribution in [0.15, 0.2) is 22.7 Å². The predicted molar refractivity (Wildman–Crippen MR) is 85.3 cm³/mol. The smallest absolute Gasteiger partial charge is 0.119 e. The topological polar surface area (TPSA) is 32.7 Å². The molecule has 112 valence electrons. The third-order valence-electron chi connectivity index (χ3n) is 4.10. The van der Waals surface area contributed by atoms with Crippen LogP contribution in [0.3, 0.4) is 0 Å². The van der Waals surface area contributed by atoms with E-state index >= 15 is 0 Å². The lowest BCUT2D eigenvalue weighted by Crippen LogP contribution is -2.45. The minimum absolute atomic E-state index is 0.584. The number of benzene rings is 1. The van der Waals surface area contributed by atoms with Gasteiger partial charge in [0.15, 0.2) is 0 Å². The molecule has 0 radical (unpaired) electrons. The average Bonchev–Trinajstić information content (AvgIpc) is 2.44. The molecule has 1 aromatic rings. The Hall–Kier alpha value is -0.580. The van der Waals surface area contributed by atoms with Crippen molar-refractivity contribution >= 4 is 15.9 Å². The van der Waals surface area contributed by atoms with Crippen LogP contribution in [0, 0.1) is 0 Å². The molecule has 0 aromatic heterocycles. The predicted octanol–water partition coefficient (Wildman–Crippen LogP) is 3.24. The Morgan fingerprint density at radius 3 is 2.65 bits per heavy atom. The second kappa shape index (κ2) is 6.92. The summed E-state index contributed by atoms with van der Waals surface area (Å²) in [6.45, 7) is 5.32. The van der Waals surface area contributed by atoms with Crippen molar-refractivity contribution in [2.24, 2.45) is 0 Å². The number of nitrogens with zero attached hydrogens (tertiary/aromatic N) is 1. The lowest BCUT2D eigenvalue weighted by Gasteiger charge is -2.38. The van der Waals surface area contributed by atoms with E-state index in [1.54, 1.807) is 7.11 Å². The average molecular weight is 342 g/mol. The molecule has 4 heteroatoms. The third-order valence-corrected chi connectivity index (χ3v) is 4.87. The van der Waals surface area contributed by atoms with Crippen LogP contribution in [-0.4, -0.2) is 42.4 Å². The van der Waals surface area contributed by atoms with Gasteiger partial charge in [-0.05, 0) is 49.6 Å². The molecule has 1 aliphatic heterocycles. The van der Waals surface area contributed by atoms with Crippen LogP contribution >= 0.6 is 15.9 Å². The normalized spacial score (nSPS) is 19.0. The summed E-state index contributed by atoms with van der Waals surface area (Å²) in [5, 5.41) is 10.8. The molecule has 0 amide bonds. The van der Waals surface area contributed by atoms with Gasteiger partial charge in [-0.1, -0.05) is 22.9 Å². The first-order valence-corrected chi connectivity index (χ1v) is 8.13. The van der Waals surface area contributed by atoms with Crippen molar-refractivity contribution in [3.05, 3.63) is 28.2 Å². The number of rotatable bonds is 5. The second-order valence-electron chi connectivity index (χ2n) is 5.70. The highest BCUT2D eigenvalue weighted by atomic mass is 79.9. The molecule has 1 fully saturated rings. The van der Waals surface area contributed by atoms with Crippen molar-refractivity contribution in [3.63, 3.8) is 0 Å². The van der Waals surface area contributed by atoms with Crippen LogP contribution in [0.1, 0.15) is 31.7 Å². The van der Waals surface area contributed by atoms with E-state index in [0.717, 1.165) is 48.3 Å². The van der Waals surface area contributed by atoms with Gasteiger partial charge in [0.2, 0.25) is 0 Å². The number of ether oxygens (including phenoxy) is 1. The van der Waals surface area contributed by atoms with E-state index in [1.165, 1.54) is 6.42 Å². The fraction of sp³-hybridized carbons (Fsp3) is 0.625. The number of likely N-dealkylation sites (tertiary alicyclic amines) is 1. The van der Waals surface area contributed by atoms with E-state index < -0.39 is 5.60 Å². The van der Waals surface area contributed by atoms with Crippen LogP contribution in [0.5, 0.6) is 5.75 Å². The Labute approximate surface area is 130 Å². The Morgan fingerprint density at radius 1 is 1.35 bits per heavy atom. The van der Waals surface area contributed by atoms with Crippen LogP contribution in [0.4, 0.5) is 0 Å². The van der Waals surface area contributed by atoms with Gasteiger partial charge in [-0.25, -0.2) is 0 Å². The maximum Gasteiger partial charge on any atom is 0.119 e. The quantitative estimate of drug-likeness (QED) is 0.892. The molecule has 1 aromatic carbocycles. The summed E-state index contributed by atoms with van der Waals surface area (Å²) < 4.78 is 6.31. The van der Waals surface area contributed by atoms with Crippen molar-refractivity contribution in [1.82, 2.24) is 4.90 Å². The van der Waals surface area contributed by atoms with Crippen molar-refractivity contribution < 1.29 is 9.84 Å². The molecule has 1 N–H and O–H groups in total. The van der Waals surface area contributed by atoms with Crippen molar-refractivity contribution in [1.29, 1.82) is 0 Å². The maximum atomic E-state index is 10.8. The highest BCUT2D eigenvalue weighted by Gasteiger charge is 2.32. The standard InChI is InChI=1S/C16H24BrNO2/c1-3-8-18-9-6-16(19,7-10-18)12-13-11-14(20-2)4-5-15(13)17/h4-5,11,19H,3,6-10,12H2,1-2H3. The summed E-state index contributed by atoms with van der Waals surface area (Å²) in [6.07, 6.45) is 3.55. The fourth-order valence-electron chi connectivity index (χ4n) is 2.85. The minimum Gasteiger partial charge on any atom is -0.497 e. The van der Waals surface area contributed by atoms with Gasteiger partial charge in [-0.3, -0.25) is 0 Å². The van der Waals surface area contributed by atoms with Gasteiger partial charge in [0.25, 0.3) is 0 Å². The first-order valence-electron chi connectivity index (χ1n) is 7.33. The lowest BCUT2D eigenvalue weighted by molar-refractivity contribution is -0.0206. The zero-order valence-electron chi connectivity index (χ0n) is 12.4. The molecule has 0 atom stereocenters. The van der Waals surface area contributed by atoms with Crippen molar-refractivity contribution in [2.75, 3.05) is 26.7 Å². The van der Waals surface area contributed by atoms with Gasteiger partial charge >= 0.3 is 0 Å². The summed E-state index contributed by atoms with van der Waals surface area (Å²) in [7, 11) is 1.67. The number of aliphatic hydroxyl groups is 1. The molecule has 0 aliphatic carbocycles. The van der Waals surface area contributed by atoms with E-state index in [-0.39, 0.29) is 0 Å². The summed E-state index contributed by atoms with van der Waals surface area (Å²) in [5.41, 5.74) is 0.537. The zero-order valence-corrected chi connectivity index (χ0v) is 13.9. The Kier molecular flexibility index (Phi) is 5.47. The van der Waals surface area contributed by atoms with E-state index in [4.69, 9.17) is 4.74 Å². The van der Waals surface area contributed by atoms with Gasteiger partial charge in [-0.2, -0.15) is 0 Å². The van der Waals surface area contributed by atoms with E-state index in [2.05, 4.69) is 27.8 Å². The highest BCUT2D eigenvalue weighted by molar-refractivity contribution is 9.10. The van der Waals surface area contributed by atoms with Gasteiger partial charge in [0.1, 0.15) is 5.75 Å². The Bertz CT molecular complexity index is 442. The zero-order chi connectivity index (χ0) is 14.6. The number of hydrogen-bond acceptors (Lipinski definition) is 3. The van der Waals surface area contributed by atoms with Gasteiger partial charge in [-0.15, -0.1) is 0 Å². The van der Waals surface area contributed by atoms with E-state index in [9.17, 15) is 5.11 Å². The molecule has 1 aliphatic rings. The molecule has 0 spiro atoms. The van der Waals surface area contributed by atoms with E-state index in [1.807, 2.05) is 18.2 Å². The number of hydrogen-bond donors (Lipinski definition) is 1. The highest BCUT2D eigenvalue weighted by Crippen LogP contribution is 2.31. The summed E-state index contributed by atoms with van der Waals surface area (Å²) in [6, 6.07) is 5.94. The van der Waals surface area contributed by atoms with Crippen LogP contribution < -0.4 is 4.74 Å². The first-order chi connectivity index (χ1) is 9.56. The number of halogens is 1. The van der Waals surface area contributed by atoms with Gasteiger partial charge in [0, 0.05) is 24.0 Å². The monoisotopic (exact) mass is 341 g/mol. The molecule has 0 unspecified atom stereocenters. The van der Waals surface area contributed by atoms with Crippen LogP contribution in [0.2, 0.25) is 0 Å².